The number of nitrogens with one attached hydrogen (secondary N) is 2. The predicted octanol–water partition coefficient (Wildman–Crippen LogP) is 0.571. The molecular weight excluding hydrogens is 244 g/mol. The summed E-state index contributed by atoms with van der Waals surface area (Å²) in [4.78, 5) is 32.9. The Balaban J connectivity index is 2.21. The van der Waals surface area contributed by atoms with Gasteiger partial charge in [0, 0.05) is 18.2 Å². The van der Waals surface area contributed by atoms with Crippen LogP contribution in [0.2, 0.25) is 0 Å². The summed E-state index contributed by atoms with van der Waals surface area (Å²) in [5.41, 5.74) is 0. The second kappa shape index (κ2) is 6.48. The summed E-state index contributed by atoms with van der Waals surface area (Å²) in [6.45, 7) is 1.82. The zero-order chi connectivity index (χ0) is 12.8. The third-order valence-electron chi connectivity index (χ3n) is 2.41. The minimum atomic E-state index is -0.831. The number of rotatable bonds is 6. The van der Waals surface area contributed by atoms with Crippen LogP contribution in [0.15, 0.2) is 0 Å². The monoisotopic (exact) mass is 260 g/mol. The van der Waals surface area contributed by atoms with Crippen molar-refractivity contribution in [2.45, 2.75) is 38.3 Å². The number of carbonyl (C=O) groups is 3. The number of amides is 2. The molecule has 1 heterocycles. The van der Waals surface area contributed by atoms with Gasteiger partial charge in [-0.2, -0.15) is 0 Å². The van der Waals surface area contributed by atoms with Gasteiger partial charge < -0.3 is 15.7 Å². The minimum absolute atomic E-state index is 0.0793. The lowest BCUT2D eigenvalue weighted by atomic mass is 10.1. The first-order valence-corrected chi connectivity index (χ1v) is 6.43. The fourth-order valence-corrected chi connectivity index (χ4v) is 2.28. The van der Waals surface area contributed by atoms with E-state index in [-0.39, 0.29) is 23.6 Å². The van der Waals surface area contributed by atoms with Crippen molar-refractivity contribution in [2.75, 3.05) is 5.75 Å². The number of carbonyl (C=O) groups excluding carboxylic acids is 2. The molecule has 0 bridgehead atoms. The molecule has 2 atom stereocenters. The smallest absolute Gasteiger partial charge is 0.303 e. The molecule has 0 aromatic heterocycles. The van der Waals surface area contributed by atoms with Crippen LogP contribution in [-0.2, 0) is 9.59 Å². The molecule has 96 valence electrons. The summed E-state index contributed by atoms with van der Waals surface area (Å²) < 4.78 is 0. The molecule has 1 saturated heterocycles. The first-order chi connectivity index (χ1) is 7.99. The highest BCUT2D eigenvalue weighted by Gasteiger charge is 2.28. The van der Waals surface area contributed by atoms with Crippen molar-refractivity contribution < 1.29 is 19.5 Å². The zero-order valence-corrected chi connectivity index (χ0v) is 10.4. The molecule has 0 spiro atoms. The fourth-order valence-electron chi connectivity index (χ4n) is 1.50. The Bertz CT molecular complexity index is 321. The Labute approximate surface area is 104 Å². The zero-order valence-electron chi connectivity index (χ0n) is 9.56. The van der Waals surface area contributed by atoms with E-state index >= 15 is 0 Å². The Morgan fingerprint density at radius 2 is 2.35 bits per heavy atom. The Hall–Kier alpha value is -1.24. The van der Waals surface area contributed by atoms with Gasteiger partial charge in [0.15, 0.2) is 0 Å². The van der Waals surface area contributed by atoms with Crippen LogP contribution in [0.3, 0.4) is 0 Å². The number of aliphatic carboxylic acids is 1. The molecule has 17 heavy (non-hydrogen) atoms. The molecular formula is C10H16N2O4S. The van der Waals surface area contributed by atoms with Gasteiger partial charge in [0.2, 0.25) is 5.91 Å². The van der Waals surface area contributed by atoms with Gasteiger partial charge in [-0.1, -0.05) is 11.8 Å². The maximum atomic E-state index is 11.6. The summed E-state index contributed by atoms with van der Waals surface area (Å²) in [6.07, 6.45) is 1.25. The molecule has 0 radical (unpaired) electrons. The van der Waals surface area contributed by atoms with Crippen molar-refractivity contribution in [3.8, 4) is 0 Å². The Morgan fingerprint density at radius 3 is 2.88 bits per heavy atom. The maximum absolute atomic E-state index is 11.6. The molecule has 1 aliphatic heterocycles. The van der Waals surface area contributed by atoms with Crippen LogP contribution in [0.5, 0.6) is 0 Å². The van der Waals surface area contributed by atoms with Crippen molar-refractivity contribution in [3.05, 3.63) is 0 Å². The normalized spacial score (nSPS) is 20.8. The molecule has 0 aliphatic carbocycles. The molecule has 0 aromatic rings. The SMILES string of the molecule is CC(CCCC(=O)O)NC(=O)C1CSC(=O)N1. The molecule has 6 nitrogen and oxygen atoms in total. The summed E-state index contributed by atoms with van der Waals surface area (Å²) >= 11 is 1.09. The van der Waals surface area contributed by atoms with Crippen LogP contribution in [0.25, 0.3) is 0 Å². The standard InChI is InChI=1S/C10H16N2O4S/c1-6(3-2-4-8(13)14)11-9(15)7-5-17-10(16)12-7/h6-7H,2-5H2,1H3,(H,11,15)(H,12,16)(H,13,14). The van der Waals surface area contributed by atoms with E-state index in [1.807, 2.05) is 6.92 Å². The fraction of sp³-hybridized carbons (Fsp3) is 0.700. The molecule has 7 heteroatoms. The Morgan fingerprint density at radius 1 is 1.65 bits per heavy atom. The number of thioether (sulfide) groups is 1. The van der Waals surface area contributed by atoms with Crippen molar-refractivity contribution in [1.82, 2.24) is 10.6 Å². The predicted molar refractivity (Wildman–Crippen MR) is 63.9 cm³/mol. The van der Waals surface area contributed by atoms with Gasteiger partial charge in [-0.25, -0.2) is 0 Å². The third-order valence-corrected chi connectivity index (χ3v) is 3.29. The maximum Gasteiger partial charge on any atom is 0.303 e. The molecule has 0 saturated carbocycles. The van der Waals surface area contributed by atoms with Crippen LogP contribution in [0.1, 0.15) is 26.2 Å². The van der Waals surface area contributed by atoms with Crippen LogP contribution < -0.4 is 10.6 Å². The number of carboxylic acids is 1. The van der Waals surface area contributed by atoms with Crippen LogP contribution >= 0.6 is 11.8 Å². The lowest BCUT2D eigenvalue weighted by Gasteiger charge is -2.16. The topological polar surface area (TPSA) is 95.5 Å². The van der Waals surface area contributed by atoms with E-state index in [9.17, 15) is 14.4 Å². The molecule has 1 aliphatic rings. The quantitative estimate of drug-likeness (QED) is 0.649. The summed E-state index contributed by atoms with van der Waals surface area (Å²) in [7, 11) is 0. The van der Waals surface area contributed by atoms with Gasteiger partial charge in [-0.05, 0) is 19.8 Å². The van der Waals surface area contributed by atoms with Gasteiger partial charge >= 0.3 is 5.97 Å². The number of carboxylic acid groups (broad SMARTS) is 1. The largest absolute Gasteiger partial charge is 0.481 e. The highest BCUT2D eigenvalue weighted by atomic mass is 32.2. The van der Waals surface area contributed by atoms with E-state index < -0.39 is 12.0 Å². The highest BCUT2D eigenvalue weighted by Crippen LogP contribution is 2.13. The molecule has 2 unspecified atom stereocenters. The van der Waals surface area contributed by atoms with Crippen LogP contribution in [0.4, 0.5) is 4.79 Å². The van der Waals surface area contributed by atoms with E-state index in [0.29, 0.717) is 18.6 Å². The summed E-state index contributed by atoms with van der Waals surface area (Å²) in [5.74, 6) is -0.582. The first-order valence-electron chi connectivity index (χ1n) is 5.44. The van der Waals surface area contributed by atoms with Crippen molar-refractivity contribution in [3.63, 3.8) is 0 Å². The Kier molecular flexibility index (Phi) is 5.27. The van der Waals surface area contributed by atoms with E-state index in [1.54, 1.807) is 0 Å². The summed E-state index contributed by atoms with van der Waals surface area (Å²) in [6, 6.07) is -0.543. The third kappa shape index (κ3) is 5.08. The van der Waals surface area contributed by atoms with E-state index in [1.165, 1.54) is 0 Å². The number of hydrogen-bond acceptors (Lipinski definition) is 4. The molecule has 1 fully saturated rings. The average Bonchev–Trinajstić information content (AvgIpc) is 2.64. The van der Waals surface area contributed by atoms with Gasteiger partial charge in [-0.3, -0.25) is 14.4 Å². The molecule has 1 rings (SSSR count). The van der Waals surface area contributed by atoms with E-state index in [0.717, 1.165) is 11.8 Å². The van der Waals surface area contributed by atoms with Crippen LogP contribution in [-0.4, -0.2) is 40.1 Å². The second-order valence-electron chi connectivity index (χ2n) is 3.99. The first kappa shape index (κ1) is 13.8. The lowest BCUT2D eigenvalue weighted by Crippen LogP contribution is -2.46. The second-order valence-corrected chi connectivity index (χ2v) is 4.98. The van der Waals surface area contributed by atoms with Crippen molar-refractivity contribution in [1.29, 1.82) is 0 Å². The van der Waals surface area contributed by atoms with Gasteiger partial charge in [0.1, 0.15) is 6.04 Å². The molecule has 0 aromatic carbocycles. The van der Waals surface area contributed by atoms with E-state index in [4.69, 9.17) is 5.11 Å². The van der Waals surface area contributed by atoms with Gasteiger partial charge in [0.25, 0.3) is 5.24 Å². The summed E-state index contributed by atoms with van der Waals surface area (Å²) in [5, 5.41) is 13.6. The molecule has 2 amide bonds. The minimum Gasteiger partial charge on any atom is -0.481 e. The van der Waals surface area contributed by atoms with Gasteiger partial charge in [0.05, 0.1) is 0 Å². The number of hydrogen-bond donors (Lipinski definition) is 3. The van der Waals surface area contributed by atoms with Gasteiger partial charge in [-0.15, -0.1) is 0 Å². The van der Waals surface area contributed by atoms with E-state index in [2.05, 4.69) is 10.6 Å². The van der Waals surface area contributed by atoms with Crippen molar-refractivity contribution in [2.24, 2.45) is 0 Å². The van der Waals surface area contributed by atoms with Crippen molar-refractivity contribution >= 4 is 28.9 Å². The average molecular weight is 260 g/mol. The highest BCUT2D eigenvalue weighted by molar-refractivity contribution is 8.14. The lowest BCUT2D eigenvalue weighted by molar-refractivity contribution is -0.137. The van der Waals surface area contributed by atoms with Crippen LogP contribution in [0, 0.1) is 0 Å². The molecule has 3 N–H and O–H groups in total.